The topological polar surface area (TPSA) is 43.6 Å². The number of aromatic nitrogens is 4. The first-order valence-electron chi connectivity index (χ1n) is 5.36. The molecule has 4 nitrogen and oxygen atoms in total. The Labute approximate surface area is 101 Å². The van der Waals surface area contributed by atoms with Gasteiger partial charge in [0.05, 0.1) is 11.6 Å². The summed E-state index contributed by atoms with van der Waals surface area (Å²) in [4.78, 5) is 0. The van der Waals surface area contributed by atoms with Crippen molar-refractivity contribution in [3.05, 3.63) is 41.7 Å². The molecular weight excluding hydrogens is 245 g/mol. The van der Waals surface area contributed by atoms with E-state index in [1.54, 1.807) is 13.0 Å². The van der Waals surface area contributed by atoms with Crippen LogP contribution in [-0.2, 0) is 12.6 Å². The van der Waals surface area contributed by atoms with E-state index in [0.717, 1.165) is 6.07 Å². The summed E-state index contributed by atoms with van der Waals surface area (Å²) in [7, 11) is 0. The average molecular weight is 256 g/mol. The Balaban J connectivity index is 2.24. The minimum Gasteiger partial charge on any atom is -0.229 e. The van der Waals surface area contributed by atoms with Crippen LogP contribution in [0.4, 0.5) is 13.2 Å². The van der Waals surface area contributed by atoms with Gasteiger partial charge in [-0.3, -0.25) is 0 Å². The van der Waals surface area contributed by atoms with Gasteiger partial charge < -0.3 is 0 Å². The van der Waals surface area contributed by atoms with E-state index in [4.69, 9.17) is 0 Å². The molecule has 18 heavy (non-hydrogen) atoms. The quantitative estimate of drug-likeness (QED) is 0.847. The molecule has 0 bridgehead atoms. The second kappa shape index (κ2) is 4.75. The highest BCUT2D eigenvalue weighted by Crippen LogP contribution is 2.33. The summed E-state index contributed by atoms with van der Waals surface area (Å²) in [5.41, 5.74) is -0.363. The zero-order chi connectivity index (χ0) is 13.2. The maximum atomic E-state index is 12.8. The van der Waals surface area contributed by atoms with Crippen LogP contribution < -0.4 is 0 Å². The van der Waals surface area contributed by atoms with Crippen molar-refractivity contribution in [2.75, 3.05) is 0 Å². The summed E-state index contributed by atoms with van der Waals surface area (Å²) in [6.07, 6.45) is -2.72. The molecule has 1 atom stereocenters. The van der Waals surface area contributed by atoms with Crippen molar-refractivity contribution in [3.63, 3.8) is 0 Å². The van der Waals surface area contributed by atoms with Gasteiger partial charge in [0, 0.05) is 0 Å². The fourth-order valence-electron chi connectivity index (χ4n) is 1.76. The third-order valence-electron chi connectivity index (χ3n) is 2.65. The average Bonchev–Trinajstić information content (AvgIpc) is 2.81. The highest BCUT2D eigenvalue weighted by Gasteiger charge is 2.33. The van der Waals surface area contributed by atoms with Crippen LogP contribution in [0, 0.1) is 0 Å². The molecule has 2 rings (SSSR count). The standard InChI is InChI=1S/C11H11F3N4/c1-8(18-7-15-16-17-18)6-9-4-2-3-5-10(9)11(12,13)14/h2-5,7-8H,6H2,1H3. The van der Waals surface area contributed by atoms with E-state index in [0.29, 0.717) is 0 Å². The largest absolute Gasteiger partial charge is 0.416 e. The Hall–Kier alpha value is -1.92. The maximum absolute atomic E-state index is 12.8. The molecule has 1 heterocycles. The lowest BCUT2D eigenvalue weighted by Gasteiger charge is -2.15. The van der Waals surface area contributed by atoms with Gasteiger partial charge in [-0.25, -0.2) is 4.68 Å². The van der Waals surface area contributed by atoms with Crippen LogP contribution in [0.2, 0.25) is 0 Å². The van der Waals surface area contributed by atoms with Crippen molar-refractivity contribution in [2.24, 2.45) is 0 Å². The van der Waals surface area contributed by atoms with Crippen LogP contribution in [0.5, 0.6) is 0 Å². The van der Waals surface area contributed by atoms with Gasteiger partial charge in [-0.2, -0.15) is 13.2 Å². The Morgan fingerprint density at radius 1 is 1.28 bits per heavy atom. The molecule has 0 amide bonds. The van der Waals surface area contributed by atoms with E-state index in [-0.39, 0.29) is 18.0 Å². The van der Waals surface area contributed by atoms with Gasteiger partial charge >= 0.3 is 6.18 Å². The lowest BCUT2D eigenvalue weighted by molar-refractivity contribution is -0.138. The van der Waals surface area contributed by atoms with Crippen molar-refractivity contribution >= 4 is 0 Å². The molecule has 0 spiro atoms. The molecule has 0 aliphatic rings. The summed E-state index contributed by atoms with van der Waals surface area (Å²) >= 11 is 0. The van der Waals surface area contributed by atoms with E-state index >= 15 is 0 Å². The minimum atomic E-state index is -4.34. The molecule has 7 heteroatoms. The Kier molecular flexibility index (Phi) is 3.31. The molecule has 1 aromatic heterocycles. The first-order valence-corrected chi connectivity index (χ1v) is 5.36. The third-order valence-corrected chi connectivity index (χ3v) is 2.65. The van der Waals surface area contributed by atoms with Crippen molar-refractivity contribution in [3.8, 4) is 0 Å². The summed E-state index contributed by atoms with van der Waals surface area (Å²) in [6, 6.07) is 5.31. The maximum Gasteiger partial charge on any atom is 0.416 e. The van der Waals surface area contributed by atoms with Crippen LogP contribution in [-0.4, -0.2) is 20.2 Å². The molecule has 0 N–H and O–H groups in total. The molecule has 0 saturated carbocycles. The number of hydrogen-bond donors (Lipinski definition) is 0. The monoisotopic (exact) mass is 256 g/mol. The SMILES string of the molecule is CC(Cc1ccccc1C(F)(F)F)n1cnnn1. The molecule has 1 unspecified atom stereocenters. The van der Waals surface area contributed by atoms with Crippen LogP contribution in [0.1, 0.15) is 24.1 Å². The summed E-state index contributed by atoms with van der Waals surface area (Å²) in [5, 5.41) is 10.6. The van der Waals surface area contributed by atoms with Gasteiger partial charge in [0.2, 0.25) is 0 Å². The Bertz CT molecular complexity index is 507. The van der Waals surface area contributed by atoms with Gasteiger partial charge in [-0.05, 0) is 35.4 Å². The lowest BCUT2D eigenvalue weighted by Crippen LogP contribution is -2.14. The van der Waals surface area contributed by atoms with Gasteiger partial charge in [-0.1, -0.05) is 18.2 Å². The van der Waals surface area contributed by atoms with Crippen LogP contribution in [0.3, 0.4) is 0 Å². The molecule has 2 aromatic rings. The fourth-order valence-corrected chi connectivity index (χ4v) is 1.76. The number of alkyl halides is 3. The summed E-state index contributed by atoms with van der Waals surface area (Å²) < 4.78 is 39.8. The second-order valence-corrected chi connectivity index (χ2v) is 4.00. The molecule has 1 aromatic carbocycles. The Morgan fingerprint density at radius 3 is 2.61 bits per heavy atom. The van der Waals surface area contributed by atoms with Gasteiger partial charge in [-0.15, -0.1) is 5.10 Å². The zero-order valence-electron chi connectivity index (χ0n) is 9.59. The number of halogens is 3. The van der Waals surface area contributed by atoms with Gasteiger partial charge in [0.25, 0.3) is 0 Å². The molecular formula is C11H11F3N4. The number of benzene rings is 1. The molecule has 96 valence electrons. The molecule has 0 radical (unpaired) electrons. The zero-order valence-corrected chi connectivity index (χ0v) is 9.59. The highest BCUT2D eigenvalue weighted by atomic mass is 19.4. The number of hydrogen-bond acceptors (Lipinski definition) is 3. The Morgan fingerprint density at radius 2 is 2.00 bits per heavy atom. The van der Waals surface area contributed by atoms with E-state index in [9.17, 15) is 13.2 Å². The van der Waals surface area contributed by atoms with E-state index in [1.807, 2.05) is 0 Å². The minimum absolute atomic E-state index is 0.223. The third kappa shape index (κ3) is 2.66. The van der Waals surface area contributed by atoms with E-state index in [1.165, 1.54) is 23.1 Å². The van der Waals surface area contributed by atoms with Crippen LogP contribution in [0.15, 0.2) is 30.6 Å². The lowest BCUT2D eigenvalue weighted by atomic mass is 10.0. The molecule has 0 aliphatic heterocycles. The summed E-state index contributed by atoms with van der Waals surface area (Å²) in [5.74, 6) is 0. The molecule has 0 saturated heterocycles. The predicted octanol–water partition coefficient (Wildman–Crippen LogP) is 2.50. The molecule has 0 aliphatic carbocycles. The van der Waals surface area contributed by atoms with Crippen LogP contribution in [0.25, 0.3) is 0 Å². The van der Waals surface area contributed by atoms with E-state index in [2.05, 4.69) is 15.5 Å². The smallest absolute Gasteiger partial charge is 0.229 e. The van der Waals surface area contributed by atoms with E-state index < -0.39 is 11.7 Å². The van der Waals surface area contributed by atoms with Gasteiger partial charge in [0.15, 0.2) is 0 Å². The van der Waals surface area contributed by atoms with Crippen LogP contribution >= 0.6 is 0 Å². The van der Waals surface area contributed by atoms with Crippen molar-refractivity contribution in [2.45, 2.75) is 25.6 Å². The fraction of sp³-hybridized carbons (Fsp3) is 0.364. The van der Waals surface area contributed by atoms with Gasteiger partial charge in [0.1, 0.15) is 6.33 Å². The summed E-state index contributed by atoms with van der Waals surface area (Å²) in [6.45, 7) is 1.77. The normalized spacial score (nSPS) is 13.6. The predicted molar refractivity (Wildman–Crippen MR) is 57.7 cm³/mol. The highest BCUT2D eigenvalue weighted by molar-refractivity contribution is 5.30. The van der Waals surface area contributed by atoms with Crippen molar-refractivity contribution in [1.29, 1.82) is 0 Å². The molecule has 0 fully saturated rings. The van der Waals surface area contributed by atoms with Crippen molar-refractivity contribution in [1.82, 2.24) is 20.2 Å². The number of nitrogens with zero attached hydrogens (tertiary/aromatic N) is 4. The second-order valence-electron chi connectivity index (χ2n) is 4.00. The number of tetrazole rings is 1. The van der Waals surface area contributed by atoms with Crippen molar-refractivity contribution < 1.29 is 13.2 Å². The number of rotatable bonds is 3. The first kappa shape index (κ1) is 12.5. The first-order chi connectivity index (χ1) is 8.48.